The zero-order valence-electron chi connectivity index (χ0n) is 18.0. The van der Waals surface area contributed by atoms with Gasteiger partial charge < -0.3 is 14.7 Å². The van der Waals surface area contributed by atoms with Gasteiger partial charge in [-0.3, -0.25) is 14.2 Å². The van der Waals surface area contributed by atoms with Crippen LogP contribution in [-0.4, -0.2) is 69.2 Å². The molecule has 0 aliphatic carbocycles. The maximum atomic E-state index is 13.1. The smallest absolute Gasteiger partial charge is 0.228 e. The van der Waals surface area contributed by atoms with Crippen LogP contribution < -0.4 is 9.80 Å². The summed E-state index contributed by atoms with van der Waals surface area (Å²) in [6.07, 6.45) is 5.47. The third-order valence-electron chi connectivity index (χ3n) is 6.14. The molecule has 2 amide bonds. The van der Waals surface area contributed by atoms with Gasteiger partial charge in [0.1, 0.15) is 6.33 Å². The lowest BCUT2D eigenvalue weighted by Crippen LogP contribution is -2.51. The molecule has 0 N–H and O–H groups in total. The fraction of sp³-hybridized carbons (Fsp3) is 0.348. The van der Waals surface area contributed by atoms with Crippen molar-refractivity contribution < 1.29 is 9.59 Å². The van der Waals surface area contributed by atoms with Gasteiger partial charge in [-0.1, -0.05) is 17.7 Å². The van der Waals surface area contributed by atoms with Gasteiger partial charge in [-0.2, -0.15) is 0 Å². The Morgan fingerprint density at radius 3 is 2.34 bits per heavy atom. The highest BCUT2D eigenvalue weighted by Gasteiger charge is 2.38. The number of amides is 2. The summed E-state index contributed by atoms with van der Waals surface area (Å²) < 4.78 is 1.80. The normalized spacial score (nSPS) is 19.0. The molecule has 3 aromatic rings. The highest BCUT2D eigenvalue weighted by molar-refractivity contribution is 6.00. The number of rotatable bonds is 4. The van der Waals surface area contributed by atoms with Crippen LogP contribution in [0.25, 0.3) is 5.82 Å². The highest BCUT2D eigenvalue weighted by atomic mass is 16.2. The van der Waals surface area contributed by atoms with Gasteiger partial charge in [0, 0.05) is 57.2 Å². The minimum Gasteiger partial charge on any atom is -0.352 e. The van der Waals surface area contributed by atoms with Crippen LogP contribution in [0.3, 0.4) is 0 Å². The van der Waals surface area contributed by atoms with Gasteiger partial charge >= 0.3 is 0 Å². The van der Waals surface area contributed by atoms with Crippen LogP contribution >= 0.6 is 0 Å². The molecule has 2 fully saturated rings. The molecule has 32 heavy (non-hydrogen) atoms. The Balaban J connectivity index is 1.18. The van der Waals surface area contributed by atoms with E-state index in [1.165, 1.54) is 0 Å². The number of aryl methyl sites for hydroxylation is 1. The van der Waals surface area contributed by atoms with Gasteiger partial charge in [0.05, 0.1) is 5.92 Å². The number of hydrogen-bond donors (Lipinski definition) is 0. The summed E-state index contributed by atoms with van der Waals surface area (Å²) in [4.78, 5) is 35.4. The van der Waals surface area contributed by atoms with Crippen LogP contribution in [-0.2, 0) is 9.59 Å². The van der Waals surface area contributed by atoms with E-state index >= 15 is 0 Å². The molecule has 0 radical (unpaired) electrons. The van der Waals surface area contributed by atoms with E-state index in [0.717, 1.165) is 17.1 Å². The first kappa shape index (κ1) is 20.2. The second-order valence-corrected chi connectivity index (χ2v) is 8.27. The number of imidazole rings is 1. The molecule has 0 spiro atoms. The fourth-order valence-corrected chi connectivity index (χ4v) is 4.28. The second-order valence-electron chi connectivity index (χ2n) is 8.27. The molecule has 2 aliphatic heterocycles. The van der Waals surface area contributed by atoms with Crippen LogP contribution in [0.1, 0.15) is 12.0 Å². The van der Waals surface area contributed by atoms with Gasteiger partial charge in [0.2, 0.25) is 11.8 Å². The Hall–Kier alpha value is -3.75. The fourth-order valence-electron chi connectivity index (χ4n) is 4.28. The number of carbonyl (C=O) groups is 2. The molecule has 1 aromatic carbocycles. The largest absolute Gasteiger partial charge is 0.352 e. The molecule has 0 saturated carbocycles. The Labute approximate surface area is 186 Å². The highest BCUT2D eigenvalue weighted by Crippen LogP contribution is 2.27. The average molecular weight is 432 g/mol. The molecule has 4 heterocycles. The van der Waals surface area contributed by atoms with E-state index in [-0.39, 0.29) is 24.2 Å². The van der Waals surface area contributed by atoms with Crippen molar-refractivity contribution in [2.75, 3.05) is 42.5 Å². The average Bonchev–Trinajstić information content (AvgIpc) is 3.50. The number of piperazine rings is 1. The predicted octanol–water partition coefficient (Wildman–Crippen LogP) is 1.67. The number of aromatic nitrogens is 4. The molecule has 5 rings (SSSR count). The zero-order chi connectivity index (χ0) is 22.1. The lowest BCUT2D eigenvalue weighted by atomic mass is 10.1. The minimum atomic E-state index is -0.287. The van der Waals surface area contributed by atoms with Gasteiger partial charge in [-0.15, -0.1) is 10.2 Å². The van der Waals surface area contributed by atoms with E-state index < -0.39 is 0 Å². The van der Waals surface area contributed by atoms with Gasteiger partial charge in [-0.25, -0.2) is 4.98 Å². The first-order chi connectivity index (χ1) is 15.6. The Morgan fingerprint density at radius 1 is 0.969 bits per heavy atom. The van der Waals surface area contributed by atoms with E-state index in [9.17, 15) is 9.59 Å². The minimum absolute atomic E-state index is 0.0131. The molecule has 0 bridgehead atoms. The summed E-state index contributed by atoms with van der Waals surface area (Å²) >= 11 is 0. The van der Waals surface area contributed by atoms with Gasteiger partial charge in [-0.05, 0) is 31.2 Å². The topological polar surface area (TPSA) is 87.5 Å². The van der Waals surface area contributed by atoms with Crippen molar-refractivity contribution >= 4 is 23.3 Å². The van der Waals surface area contributed by atoms with Crippen molar-refractivity contribution in [2.45, 2.75) is 13.3 Å². The van der Waals surface area contributed by atoms with E-state index in [1.54, 1.807) is 22.0 Å². The predicted molar refractivity (Wildman–Crippen MR) is 120 cm³/mol. The molecule has 2 saturated heterocycles. The summed E-state index contributed by atoms with van der Waals surface area (Å²) in [5, 5.41) is 8.61. The van der Waals surface area contributed by atoms with Crippen molar-refractivity contribution in [2.24, 2.45) is 5.92 Å². The third kappa shape index (κ3) is 3.93. The van der Waals surface area contributed by atoms with E-state index in [0.29, 0.717) is 38.5 Å². The molecule has 2 aromatic heterocycles. The van der Waals surface area contributed by atoms with E-state index in [2.05, 4.69) is 20.1 Å². The number of nitrogens with zero attached hydrogens (tertiary/aromatic N) is 7. The second kappa shape index (κ2) is 8.41. The van der Waals surface area contributed by atoms with Crippen molar-refractivity contribution in [3.05, 3.63) is 60.7 Å². The number of carbonyl (C=O) groups excluding carboxylic acids is 2. The number of benzene rings is 1. The van der Waals surface area contributed by atoms with Crippen LogP contribution in [0.4, 0.5) is 11.5 Å². The SMILES string of the molecule is Cc1ccc(N2CC(C(=O)N3CCN(c4ccc(-n5ccnc5)nn4)CC3)CC2=O)cc1. The molecule has 2 aliphatic rings. The molecule has 9 heteroatoms. The monoisotopic (exact) mass is 431 g/mol. The Bertz CT molecular complexity index is 1090. The standard InChI is InChI=1S/C23H25N7O2/c1-17-2-4-19(5-3-17)30-15-18(14-22(30)31)23(32)28-12-10-27(11-13-28)20-6-7-21(26-25-20)29-9-8-24-16-29/h2-9,16,18H,10-15H2,1H3. The maximum absolute atomic E-state index is 13.1. The quantitative estimate of drug-likeness (QED) is 0.625. The Morgan fingerprint density at radius 2 is 1.69 bits per heavy atom. The number of hydrogen-bond acceptors (Lipinski definition) is 6. The molecule has 1 atom stereocenters. The van der Waals surface area contributed by atoms with Crippen molar-refractivity contribution in [3.63, 3.8) is 0 Å². The summed E-state index contributed by atoms with van der Waals surface area (Å²) in [7, 11) is 0. The zero-order valence-corrected chi connectivity index (χ0v) is 18.0. The Kier molecular flexibility index (Phi) is 5.30. The molecular formula is C23H25N7O2. The molecule has 9 nitrogen and oxygen atoms in total. The van der Waals surface area contributed by atoms with Crippen LogP contribution in [0, 0.1) is 12.8 Å². The van der Waals surface area contributed by atoms with E-state index in [1.807, 2.05) is 54.4 Å². The van der Waals surface area contributed by atoms with Crippen LogP contribution in [0.5, 0.6) is 0 Å². The van der Waals surface area contributed by atoms with Crippen LogP contribution in [0.15, 0.2) is 55.1 Å². The van der Waals surface area contributed by atoms with E-state index in [4.69, 9.17) is 0 Å². The van der Waals surface area contributed by atoms with Crippen molar-refractivity contribution in [3.8, 4) is 5.82 Å². The van der Waals surface area contributed by atoms with Crippen molar-refractivity contribution in [1.29, 1.82) is 0 Å². The summed E-state index contributed by atoms with van der Waals surface area (Å²) in [5.41, 5.74) is 2.00. The van der Waals surface area contributed by atoms with Gasteiger partial charge in [0.25, 0.3) is 0 Å². The molecular weight excluding hydrogens is 406 g/mol. The molecule has 1 unspecified atom stereocenters. The first-order valence-corrected chi connectivity index (χ1v) is 10.8. The summed E-state index contributed by atoms with van der Waals surface area (Å²) in [6, 6.07) is 11.7. The maximum Gasteiger partial charge on any atom is 0.228 e. The lowest BCUT2D eigenvalue weighted by molar-refractivity contribution is -0.136. The lowest BCUT2D eigenvalue weighted by Gasteiger charge is -2.36. The first-order valence-electron chi connectivity index (χ1n) is 10.8. The summed E-state index contributed by atoms with van der Waals surface area (Å²) in [6.45, 7) is 5.06. The van der Waals surface area contributed by atoms with Gasteiger partial charge in [0.15, 0.2) is 11.6 Å². The number of anilines is 2. The van der Waals surface area contributed by atoms with Crippen LogP contribution in [0.2, 0.25) is 0 Å². The molecule has 164 valence electrons. The third-order valence-corrected chi connectivity index (χ3v) is 6.14. The van der Waals surface area contributed by atoms with Crippen molar-refractivity contribution in [1.82, 2.24) is 24.6 Å². The summed E-state index contributed by atoms with van der Waals surface area (Å²) in [5.74, 6) is 1.30.